The fourth-order valence-electron chi connectivity index (χ4n) is 3.30. The largest absolute Gasteiger partial charge is 0.325 e. The zero-order valence-electron chi connectivity index (χ0n) is 12.0. The van der Waals surface area contributed by atoms with Crippen molar-refractivity contribution in [3.8, 4) is 6.07 Å². The Hall–Kier alpha value is -1.90. The Kier molecular flexibility index (Phi) is 4.18. The van der Waals surface area contributed by atoms with Crippen molar-refractivity contribution in [2.24, 2.45) is 11.8 Å². The van der Waals surface area contributed by atoms with Crippen molar-refractivity contribution in [1.82, 2.24) is 10.2 Å². The van der Waals surface area contributed by atoms with Gasteiger partial charge in [-0.05, 0) is 37.1 Å². The summed E-state index contributed by atoms with van der Waals surface area (Å²) >= 11 is 0. The van der Waals surface area contributed by atoms with Gasteiger partial charge < -0.3 is 15.5 Å². The molecule has 0 radical (unpaired) electrons. The zero-order chi connectivity index (χ0) is 14.7. The minimum absolute atomic E-state index is 0.0205. The maximum Gasteiger partial charge on any atom is 0.225 e. The van der Waals surface area contributed by atoms with Gasteiger partial charge >= 0.3 is 0 Å². The monoisotopic (exact) mass is 284 g/mol. The third kappa shape index (κ3) is 3.23. The van der Waals surface area contributed by atoms with Crippen LogP contribution in [0.4, 0.5) is 5.69 Å². The first-order chi connectivity index (χ1) is 10.3. The topological polar surface area (TPSA) is 68.2 Å². The SMILES string of the molecule is N#Cc1ccccc1NC(=O)CCN1C[C@H]2CNC[C@H]2C1. The Morgan fingerprint density at radius 3 is 2.76 bits per heavy atom. The summed E-state index contributed by atoms with van der Waals surface area (Å²) in [6.07, 6.45) is 0.479. The van der Waals surface area contributed by atoms with Crippen molar-refractivity contribution in [2.45, 2.75) is 6.42 Å². The van der Waals surface area contributed by atoms with E-state index in [1.807, 2.05) is 6.07 Å². The van der Waals surface area contributed by atoms with Crippen LogP contribution >= 0.6 is 0 Å². The van der Waals surface area contributed by atoms with Crippen LogP contribution in [0.1, 0.15) is 12.0 Å². The molecule has 21 heavy (non-hydrogen) atoms. The number of anilines is 1. The molecule has 2 aliphatic heterocycles. The number of hydrogen-bond donors (Lipinski definition) is 2. The van der Waals surface area contributed by atoms with Crippen molar-refractivity contribution in [1.29, 1.82) is 5.26 Å². The second-order valence-electron chi connectivity index (χ2n) is 5.89. The summed E-state index contributed by atoms with van der Waals surface area (Å²) in [7, 11) is 0. The van der Waals surface area contributed by atoms with Gasteiger partial charge in [0, 0.05) is 26.1 Å². The Morgan fingerprint density at radius 1 is 1.33 bits per heavy atom. The van der Waals surface area contributed by atoms with Crippen molar-refractivity contribution in [3.05, 3.63) is 29.8 Å². The summed E-state index contributed by atoms with van der Waals surface area (Å²) in [5.41, 5.74) is 1.11. The van der Waals surface area contributed by atoms with Crippen LogP contribution in [0.25, 0.3) is 0 Å². The van der Waals surface area contributed by atoms with Gasteiger partial charge in [0.1, 0.15) is 6.07 Å². The number of hydrogen-bond acceptors (Lipinski definition) is 4. The lowest BCUT2D eigenvalue weighted by Crippen LogP contribution is -2.29. The molecule has 0 saturated carbocycles. The number of amides is 1. The molecule has 2 saturated heterocycles. The van der Waals surface area contributed by atoms with E-state index in [9.17, 15) is 4.79 Å². The number of carbonyl (C=O) groups excluding carboxylic acids is 1. The molecule has 0 aromatic heterocycles. The van der Waals surface area contributed by atoms with E-state index in [4.69, 9.17) is 5.26 Å². The summed E-state index contributed by atoms with van der Waals surface area (Å²) < 4.78 is 0. The summed E-state index contributed by atoms with van der Waals surface area (Å²) in [6, 6.07) is 9.19. The minimum atomic E-state index is -0.0205. The fraction of sp³-hybridized carbons (Fsp3) is 0.500. The highest BCUT2D eigenvalue weighted by atomic mass is 16.1. The summed E-state index contributed by atoms with van der Waals surface area (Å²) in [5.74, 6) is 1.49. The Bertz CT molecular complexity index is 554. The number of nitriles is 1. The quantitative estimate of drug-likeness (QED) is 0.867. The Morgan fingerprint density at radius 2 is 2.05 bits per heavy atom. The highest BCUT2D eigenvalue weighted by Gasteiger charge is 2.35. The highest BCUT2D eigenvalue weighted by Crippen LogP contribution is 2.26. The van der Waals surface area contributed by atoms with Crippen LogP contribution in [-0.2, 0) is 4.79 Å². The number of para-hydroxylation sites is 1. The van der Waals surface area contributed by atoms with E-state index in [0.29, 0.717) is 17.7 Å². The number of nitrogens with zero attached hydrogens (tertiary/aromatic N) is 2. The van der Waals surface area contributed by atoms with E-state index in [0.717, 1.165) is 44.6 Å². The molecule has 2 aliphatic rings. The fourth-order valence-corrected chi connectivity index (χ4v) is 3.30. The second-order valence-corrected chi connectivity index (χ2v) is 5.89. The van der Waals surface area contributed by atoms with Gasteiger partial charge in [-0.1, -0.05) is 12.1 Å². The maximum absolute atomic E-state index is 12.0. The molecule has 3 rings (SSSR count). The van der Waals surface area contributed by atoms with Gasteiger partial charge in [0.25, 0.3) is 0 Å². The minimum Gasteiger partial charge on any atom is -0.325 e. The third-order valence-electron chi connectivity index (χ3n) is 4.44. The number of rotatable bonds is 4. The average Bonchev–Trinajstić information content (AvgIpc) is 3.07. The molecule has 0 unspecified atom stereocenters. The van der Waals surface area contributed by atoms with Crippen LogP contribution in [-0.4, -0.2) is 43.5 Å². The molecule has 1 amide bonds. The molecule has 0 aliphatic carbocycles. The molecule has 2 fully saturated rings. The van der Waals surface area contributed by atoms with Gasteiger partial charge in [0.2, 0.25) is 5.91 Å². The van der Waals surface area contributed by atoms with Crippen LogP contribution in [0, 0.1) is 23.2 Å². The van der Waals surface area contributed by atoms with Gasteiger partial charge in [0.15, 0.2) is 0 Å². The van der Waals surface area contributed by atoms with Gasteiger partial charge in [-0.25, -0.2) is 0 Å². The van der Waals surface area contributed by atoms with Crippen LogP contribution in [0.5, 0.6) is 0 Å². The van der Waals surface area contributed by atoms with Crippen LogP contribution in [0.15, 0.2) is 24.3 Å². The van der Waals surface area contributed by atoms with E-state index < -0.39 is 0 Å². The lowest BCUT2D eigenvalue weighted by atomic mass is 10.0. The number of nitrogens with one attached hydrogen (secondary N) is 2. The van der Waals surface area contributed by atoms with Crippen molar-refractivity contribution < 1.29 is 4.79 Å². The molecule has 1 aromatic carbocycles. The average molecular weight is 284 g/mol. The standard InChI is InChI=1S/C16H20N4O/c17-7-12-3-1-2-4-15(12)19-16(21)5-6-20-10-13-8-18-9-14(13)11-20/h1-4,13-14,18H,5-6,8-11H2,(H,19,21)/t13-,14+. The van der Waals surface area contributed by atoms with Crippen molar-refractivity contribution in [3.63, 3.8) is 0 Å². The molecule has 110 valence electrons. The summed E-state index contributed by atoms with van der Waals surface area (Å²) in [5, 5.41) is 15.3. The van der Waals surface area contributed by atoms with Gasteiger partial charge in [-0.2, -0.15) is 5.26 Å². The molecular weight excluding hydrogens is 264 g/mol. The number of carbonyl (C=O) groups is 1. The molecule has 5 nitrogen and oxygen atoms in total. The van der Waals surface area contributed by atoms with Crippen LogP contribution < -0.4 is 10.6 Å². The predicted octanol–water partition coefficient (Wildman–Crippen LogP) is 1.04. The number of likely N-dealkylation sites (tertiary alicyclic amines) is 1. The molecule has 2 heterocycles. The summed E-state index contributed by atoms with van der Waals surface area (Å²) in [6.45, 7) is 5.22. The van der Waals surface area contributed by atoms with Crippen LogP contribution in [0.3, 0.4) is 0 Å². The molecule has 0 spiro atoms. The van der Waals surface area contributed by atoms with Crippen molar-refractivity contribution in [2.75, 3.05) is 38.0 Å². The smallest absolute Gasteiger partial charge is 0.225 e. The van der Waals surface area contributed by atoms with E-state index >= 15 is 0 Å². The molecule has 5 heteroatoms. The maximum atomic E-state index is 12.0. The molecule has 2 N–H and O–H groups in total. The summed E-state index contributed by atoms with van der Waals surface area (Å²) in [4.78, 5) is 14.4. The Labute approximate surface area is 124 Å². The van der Waals surface area contributed by atoms with E-state index in [1.54, 1.807) is 18.2 Å². The van der Waals surface area contributed by atoms with Gasteiger partial charge in [0.05, 0.1) is 11.3 Å². The Balaban J connectivity index is 1.48. The zero-order valence-corrected chi connectivity index (χ0v) is 12.0. The van der Waals surface area contributed by atoms with Crippen molar-refractivity contribution >= 4 is 11.6 Å². The van der Waals surface area contributed by atoms with Gasteiger partial charge in [-0.3, -0.25) is 4.79 Å². The van der Waals surface area contributed by atoms with Crippen LogP contribution in [0.2, 0.25) is 0 Å². The molecule has 0 bridgehead atoms. The molecule has 2 atom stereocenters. The first-order valence-electron chi connectivity index (χ1n) is 7.48. The molecular formula is C16H20N4O. The predicted molar refractivity (Wildman–Crippen MR) is 80.7 cm³/mol. The van der Waals surface area contributed by atoms with E-state index in [1.165, 1.54) is 0 Å². The number of benzene rings is 1. The lowest BCUT2D eigenvalue weighted by molar-refractivity contribution is -0.116. The lowest BCUT2D eigenvalue weighted by Gasteiger charge is -2.16. The van der Waals surface area contributed by atoms with Gasteiger partial charge in [-0.15, -0.1) is 0 Å². The van der Waals surface area contributed by atoms with E-state index in [-0.39, 0.29) is 5.91 Å². The van der Waals surface area contributed by atoms with E-state index in [2.05, 4.69) is 21.6 Å². The highest BCUT2D eigenvalue weighted by molar-refractivity contribution is 5.92. The normalized spacial score (nSPS) is 24.5. The molecule has 1 aromatic rings. The third-order valence-corrected chi connectivity index (χ3v) is 4.44. The first kappa shape index (κ1) is 14.1. The second kappa shape index (κ2) is 6.25. The first-order valence-corrected chi connectivity index (χ1v) is 7.48. The number of fused-ring (bicyclic) bond motifs is 1.